The number of carbonyl (C=O) groups is 2. The van der Waals surface area contributed by atoms with Gasteiger partial charge in [-0.05, 0) is 42.8 Å². The second-order valence-corrected chi connectivity index (χ2v) is 8.19. The van der Waals surface area contributed by atoms with Crippen molar-refractivity contribution in [3.8, 4) is 5.75 Å². The van der Waals surface area contributed by atoms with E-state index in [9.17, 15) is 9.59 Å². The van der Waals surface area contributed by atoms with Crippen LogP contribution >= 0.6 is 11.3 Å². The average molecular weight is 462 g/mol. The smallest absolute Gasteiger partial charge is 0.260 e. The lowest BCUT2D eigenvalue weighted by Gasteiger charge is -2.23. The number of benzene rings is 2. The van der Waals surface area contributed by atoms with Gasteiger partial charge in [-0.3, -0.25) is 14.9 Å². The third kappa shape index (κ3) is 5.48. The standard InChI is InChI=1S/C25H23N3O4S/c1-17-22(12-13-32-17)24(30)27-25-26-19(16-33-25)14-23(29)28(15-18-6-4-3-5-7-18)20-8-10-21(31-2)11-9-20/h3-13,16H,14-15H2,1-2H3,(H,26,27,30). The van der Waals surface area contributed by atoms with Gasteiger partial charge in [0.2, 0.25) is 5.91 Å². The highest BCUT2D eigenvalue weighted by Crippen LogP contribution is 2.24. The molecular formula is C25H23N3O4S. The number of carbonyl (C=O) groups excluding carboxylic acids is 2. The first-order chi connectivity index (χ1) is 16.0. The molecule has 0 aliphatic heterocycles. The van der Waals surface area contributed by atoms with Crippen LogP contribution in [0.3, 0.4) is 0 Å². The second kappa shape index (κ2) is 10.1. The zero-order valence-electron chi connectivity index (χ0n) is 18.3. The molecule has 0 spiro atoms. The summed E-state index contributed by atoms with van der Waals surface area (Å²) in [6.45, 7) is 2.15. The predicted molar refractivity (Wildman–Crippen MR) is 128 cm³/mol. The van der Waals surface area contributed by atoms with Gasteiger partial charge in [0.1, 0.15) is 11.5 Å². The normalized spacial score (nSPS) is 10.6. The number of amides is 2. The SMILES string of the molecule is COc1ccc(N(Cc2ccccc2)C(=O)Cc2csc(NC(=O)c3ccoc3C)n2)cc1. The van der Waals surface area contributed by atoms with Crippen LogP contribution in [0.25, 0.3) is 0 Å². The van der Waals surface area contributed by atoms with Crippen molar-refractivity contribution in [2.24, 2.45) is 0 Å². The van der Waals surface area contributed by atoms with Crippen LogP contribution in [0.15, 0.2) is 76.7 Å². The highest BCUT2D eigenvalue weighted by molar-refractivity contribution is 7.14. The maximum Gasteiger partial charge on any atom is 0.260 e. The molecule has 0 bridgehead atoms. The lowest BCUT2D eigenvalue weighted by molar-refractivity contribution is -0.118. The Morgan fingerprint density at radius 3 is 2.52 bits per heavy atom. The number of nitrogens with zero attached hydrogens (tertiary/aromatic N) is 2. The van der Waals surface area contributed by atoms with E-state index in [1.807, 2.05) is 54.6 Å². The van der Waals surface area contributed by atoms with Crippen LogP contribution in [0, 0.1) is 6.92 Å². The monoisotopic (exact) mass is 461 g/mol. The number of aryl methyl sites for hydroxylation is 1. The van der Waals surface area contributed by atoms with Crippen LogP contribution in [0.5, 0.6) is 5.75 Å². The molecule has 8 heteroatoms. The summed E-state index contributed by atoms with van der Waals surface area (Å²) in [7, 11) is 1.61. The molecule has 0 aliphatic rings. The maximum atomic E-state index is 13.3. The predicted octanol–water partition coefficient (Wildman–Crippen LogP) is 5.08. The zero-order chi connectivity index (χ0) is 23.2. The minimum absolute atomic E-state index is 0.0992. The molecule has 0 radical (unpaired) electrons. The van der Waals surface area contributed by atoms with Crippen LogP contribution in [0.2, 0.25) is 0 Å². The Labute approximate surface area is 195 Å². The van der Waals surface area contributed by atoms with Gasteiger partial charge in [-0.25, -0.2) is 4.98 Å². The number of aromatic nitrogens is 1. The molecule has 0 saturated heterocycles. The molecule has 2 heterocycles. The van der Waals surface area contributed by atoms with Gasteiger partial charge in [0.15, 0.2) is 5.13 Å². The number of hydrogen-bond donors (Lipinski definition) is 1. The van der Waals surface area contributed by atoms with E-state index in [1.54, 1.807) is 30.4 Å². The van der Waals surface area contributed by atoms with Gasteiger partial charge in [0.25, 0.3) is 5.91 Å². The minimum Gasteiger partial charge on any atom is -0.497 e. The summed E-state index contributed by atoms with van der Waals surface area (Å²) in [6.07, 6.45) is 1.58. The topological polar surface area (TPSA) is 84.7 Å². The summed E-state index contributed by atoms with van der Waals surface area (Å²) in [5.41, 5.74) is 2.83. The molecule has 0 saturated carbocycles. The fourth-order valence-corrected chi connectivity index (χ4v) is 4.04. The fraction of sp³-hybridized carbons (Fsp3) is 0.160. The molecular weight excluding hydrogens is 438 g/mol. The Kier molecular flexibility index (Phi) is 6.85. The Morgan fingerprint density at radius 1 is 1.09 bits per heavy atom. The highest BCUT2D eigenvalue weighted by atomic mass is 32.1. The van der Waals surface area contributed by atoms with E-state index in [1.165, 1.54) is 17.6 Å². The largest absolute Gasteiger partial charge is 0.497 e. The average Bonchev–Trinajstić information content (AvgIpc) is 3.46. The number of thiazole rings is 1. The van der Waals surface area contributed by atoms with Crippen molar-refractivity contribution in [3.05, 3.63) is 94.9 Å². The van der Waals surface area contributed by atoms with E-state index in [-0.39, 0.29) is 18.2 Å². The summed E-state index contributed by atoms with van der Waals surface area (Å²) in [6, 6.07) is 18.8. The molecule has 1 N–H and O–H groups in total. The van der Waals surface area contributed by atoms with Gasteiger partial charge in [0.05, 0.1) is 37.6 Å². The van der Waals surface area contributed by atoms with E-state index in [4.69, 9.17) is 9.15 Å². The number of furan rings is 1. The first-order valence-corrected chi connectivity index (χ1v) is 11.2. The molecule has 0 atom stereocenters. The molecule has 7 nitrogen and oxygen atoms in total. The summed E-state index contributed by atoms with van der Waals surface area (Å²) in [5.74, 6) is 0.865. The minimum atomic E-state index is -0.294. The van der Waals surface area contributed by atoms with Crippen molar-refractivity contribution in [2.45, 2.75) is 19.9 Å². The summed E-state index contributed by atoms with van der Waals surface area (Å²) < 4.78 is 10.4. The van der Waals surface area contributed by atoms with Crippen LogP contribution in [0.4, 0.5) is 10.8 Å². The van der Waals surface area contributed by atoms with Gasteiger partial charge in [-0.15, -0.1) is 11.3 Å². The van der Waals surface area contributed by atoms with E-state index in [0.29, 0.717) is 28.7 Å². The third-order valence-electron chi connectivity index (χ3n) is 5.08. The van der Waals surface area contributed by atoms with Gasteiger partial charge in [-0.2, -0.15) is 0 Å². The zero-order valence-corrected chi connectivity index (χ0v) is 19.1. The second-order valence-electron chi connectivity index (χ2n) is 7.33. The molecule has 2 aromatic carbocycles. The van der Waals surface area contributed by atoms with Crippen molar-refractivity contribution < 1.29 is 18.7 Å². The van der Waals surface area contributed by atoms with Gasteiger partial charge in [0, 0.05) is 11.1 Å². The highest BCUT2D eigenvalue weighted by Gasteiger charge is 2.19. The Bertz CT molecular complexity index is 1230. The number of ether oxygens (including phenoxy) is 1. The van der Waals surface area contributed by atoms with E-state index in [2.05, 4.69) is 10.3 Å². The number of anilines is 2. The Morgan fingerprint density at radius 2 is 1.85 bits per heavy atom. The summed E-state index contributed by atoms with van der Waals surface area (Å²) >= 11 is 1.28. The molecule has 2 aromatic heterocycles. The summed E-state index contributed by atoms with van der Waals surface area (Å²) in [5, 5.41) is 4.98. The first-order valence-electron chi connectivity index (χ1n) is 10.3. The molecule has 4 rings (SSSR count). The van der Waals surface area contributed by atoms with E-state index in [0.717, 1.165) is 17.0 Å². The number of rotatable bonds is 8. The van der Waals surface area contributed by atoms with Crippen molar-refractivity contribution in [2.75, 3.05) is 17.3 Å². The van der Waals surface area contributed by atoms with Crippen molar-refractivity contribution in [3.63, 3.8) is 0 Å². The number of hydrogen-bond acceptors (Lipinski definition) is 6. The van der Waals surface area contributed by atoms with Crippen molar-refractivity contribution in [1.82, 2.24) is 4.98 Å². The first kappa shape index (κ1) is 22.3. The molecule has 0 unspecified atom stereocenters. The van der Waals surface area contributed by atoms with Crippen LogP contribution < -0.4 is 15.0 Å². The van der Waals surface area contributed by atoms with E-state index < -0.39 is 0 Å². The van der Waals surface area contributed by atoms with Crippen LogP contribution in [-0.4, -0.2) is 23.9 Å². The van der Waals surface area contributed by atoms with Crippen molar-refractivity contribution in [1.29, 1.82) is 0 Å². The molecule has 33 heavy (non-hydrogen) atoms. The number of methoxy groups -OCH3 is 1. The van der Waals surface area contributed by atoms with Crippen LogP contribution in [-0.2, 0) is 17.8 Å². The van der Waals surface area contributed by atoms with Crippen LogP contribution in [0.1, 0.15) is 27.4 Å². The molecule has 0 fully saturated rings. The molecule has 4 aromatic rings. The Hall–Kier alpha value is -3.91. The Balaban J connectivity index is 1.49. The summed E-state index contributed by atoms with van der Waals surface area (Å²) in [4.78, 5) is 31.8. The quantitative estimate of drug-likeness (QED) is 0.395. The maximum absolute atomic E-state index is 13.3. The third-order valence-corrected chi connectivity index (χ3v) is 5.88. The van der Waals surface area contributed by atoms with Gasteiger partial charge in [-0.1, -0.05) is 30.3 Å². The molecule has 168 valence electrons. The van der Waals surface area contributed by atoms with Crippen molar-refractivity contribution >= 4 is 34.0 Å². The van der Waals surface area contributed by atoms with E-state index >= 15 is 0 Å². The lowest BCUT2D eigenvalue weighted by Crippen LogP contribution is -2.31. The number of nitrogens with one attached hydrogen (secondary N) is 1. The molecule has 0 aliphatic carbocycles. The lowest BCUT2D eigenvalue weighted by atomic mass is 10.1. The van der Waals surface area contributed by atoms with Gasteiger partial charge < -0.3 is 14.1 Å². The fourth-order valence-electron chi connectivity index (χ4n) is 3.33. The van der Waals surface area contributed by atoms with Gasteiger partial charge >= 0.3 is 0 Å². The molecule has 2 amide bonds.